The van der Waals surface area contributed by atoms with E-state index in [0.29, 0.717) is 0 Å². The zero-order valence-electron chi connectivity index (χ0n) is 16.0. The van der Waals surface area contributed by atoms with Gasteiger partial charge in [0.25, 0.3) is 0 Å². The number of aryl methyl sites for hydroxylation is 1. The van der Waals surface area contributed by atoms with Crippen molar-refractivity contribution in [1.29, 1.82) is 0 Å². The average Bonchev–Trinajstić information content (AvgIpc) is 3.19. The summed E-state index contributed by atoms with van der Waals surface area (Å²) in [5.41, 5.74) is 4.79. The number of hydrogen-bond donors (Lipinski definition) is 2. The van der Waals surface area contributed by atoms with Crippen LogP contribution in [0.25, 0.3) is 11.1 Å². The Morgan fingerprint density at radius 1 is 0.929 bits per heavy atom. The summed E-state index contributed by atoms with van der Waals surface area (Å²) in [7, 11) is 0. The third-order valence-corrected chi connectivity index (χ3v) is 5.42. The summed E-state index contributed by atoms with van der Waals surface area (Å²) in [6.45, 7) is 1.98. The average molecular weight is 372 g/mol. The van der Waals surface area contributed by atoms with Gasteiger partial charge in [0, 0.05) is 30.0 Å². The number of hydrogen-bond acceptors (Lipinski definition) is 3. The summed E-state index contributed by atoms with van der Waals surface area (Å²) in [5.74, 6) is 0. The third-order valence-electron chi connectivity index (χ3n) is 5.42. The Labute approximate surface area is 165 Å². The van der Waals surface area contributed by atoms with Crippen molar-refractivity contribution >= 4 is 11.7 Å². The fourth-order valence-corrected chi connectivity index (χ4v) is 3.99. The second kappa shape index (κ2) is 7.80. The molecule has 142 valence electrons. The van der Waals surface area contributed by atoms with E-state index >= 15 is 0 Å². The van der Waals surface area contributed by atoms with Crippen LogP contribution in [0.15, 0.2) is 67.1 Å². The van der Waals surface area contributed by atoms with Crippen LogP contribution in [0.1, 0.15) is 36.9 Å². The summed E-state index contributed by atoms with van der Waals surface area (Å²) in [4.78, 5) is 21.0. The Hall–Kier alpha value is -3.21. The van der Waals surface area contributed by atoms with Gasteiger partial charge in [-0.25, -0.2) is 4.79 Å². The van der Waals surface area contributed by atoms with E-state index in [0.717, 1.165) is 53.8 Å². The topological polar surface area (TPSA) is 66.9 Å². The van der Waals surface area contributed by atoms with Crippen LogP contribution >= 0.6 is 0 Å². The van der Waals surface area contributed by atoms with Gasteiger partial charge in [-0.3, -0.25) is 9.97 Å². The molecule has 28 heavy (non-hydrogen) atoms. The lowest BCUT2D eigenvalue weighted by Crippen LogP contribution is -2.45. The van der Waals surface area contributed by atoms with E-state index in [9.17, 15) is 4.79 Å². The molecule has 1 aromatic carbocycles. The first-order valence-corrected chi connectivity index (χ1v) is 9.67. The van der Waals surface area contributed by atoms with Gasteiger partial charge in [0.2, 0.25) is 0 Å². The Bertz CT molecular complexity index is 948. The van der Waals surface area contributed by atoms with Crippen LogP contribution in [0.5, 0.6) is 0 Å². The standard InChI is InChI=1S/C23H24N4O/c1-17-16-19(8-15-25-17)18-4-6-21(7-5-18)26-22(28)27-23(11-2-3-12-23)20-9-13-24-14-10-20/h4-10,13-16H,2-3,11-12H2,1H3,(H2,26,27,28). The Morgan fingerprint density at radius 3 is 2.32 bits per heavy atom. The van der Waals surface area contributed by atoms with Crippen molar-refractivity contribution in [2.45, 2.75) is 38.1 Å². The molecular weight excluding hydrogens is 348 g/mol. The molecule has 4 rings (SSSR count). The maximum absolute atomic E-state index is 12.7. The van der Waals surface area contributed by atoms with Crippen LogP contribution in [-0.4, -0.2) is 16.0 Å². The van der Waals surface area contributed by atoms with E-state index in [-0.39, 0.29) is 11.6 Å². The Morgan fingerprint density at radius 2 is 1.64 bits per heavy atom. The molecule has 2 amide bonds. The lowest BCUT2D eigenvalue weighted by molar-refractivity contribution is 0.236. The number of nitrogens with one attached hydrogen (secondary N) is 2. The highest BCUT2D eigenvalue weighted by Crippen LogP contribution is 2.38. The Kier molecular flexibility index (Phi) is 5.06. The summed E-state index contributed by atoms with van der Waals surface area (Å²) in [5, 5.41) is 6.20. The highest BCUT2D eigenvalue weighted by Gasteiger charge is 2.37. The van der Waals surface area contributed by atoms with Crippen LogP contribution in [-0.2, 0) is 5.54 Å². The van der Waals surface area contributed by atoms with E-state index in [4.69, 9.17) is 0 Å². The zero-order chi connectivity index (χ0) is 19.4. The predicted molar refractivity (Wildman–Crippen MR) is 111 cm³/mol. The molecule has 0 bridgehead atoms. The quantitative estimate of drug-likeness (QED) is 0.674. The maximum atomic E-state index is 12.7. The molecule has 1 fully saturated rings. The van der Waals surface area contributed by atoms with Gasteiger partial charge < -0.3 is 10.6 Å². The highest BCUT2D eigenvalue weighted by atomic mass is 16.2. The largest absolute Gasteiger partial charge is 0.328 e. The summed E-state index contributed by atoms with van der Waals surface area (Å²) in [6, 6.07) is 15.7. The minimum atomic E-state index is -0.304. The molecule has 0 spiro atoms. The van der Waals surface area contributed by atoms with E-state index in [1.165, 1.54) is 0 Å². The van der Waals surface area contributed by atoms with Crippen molar-refractivity contribution in [1.82, 2.24) is 15.3 Å². The molecule has 0 saturated heterocycles. The fourth-order valence-electron chi connectivity index (χ4n) is 3.99. The molecule has 2 aromatic heterocycles. The van der Waals surface area contributed by atoms with Gasteiger partial charge in [-0.15, -0.1) is 0 Å². The predicted octanol–water partition coefficient (Wildman–Crippen LogP) is 5.04. The normalized spacial score (nSPS) is 15.2. The number of nitrogens with zero attached hydrogens (tertiary/aromatic N) is 2. The smallest absolute Gasteiger partial charge is 0.319 e. The minimum absolute atomic E-state index is 0.175. The van der Waals surface area contributed by atoms with Crippen molar-refractivity contribution in [3.8, 4) is 11.1 Å². The number of carbonyl (C=O) groups is 1. The number of anilines is 1. The van der Waals surface area contributed by atoms with Crippen molar-refractivity contribution in [2.24, 2.45) is 0 Å². The van der Waals surface area contributed by atoms with Crippen LogP contribution in [0.3, 0.4) is 0 Å². The van der Waals surface area contributed by atoms with Gasteiger partial charge >= 0.3 is 6.03 Å². The molecule has 2 heterocycles. The molecule has 0 radical (unpaired) electrons. The van der Waals surface area contributed by atoms with Gasteiger partial charge in [0.1, 0.15) is 0 Å². The van der Waals surface area contributed by atoms with Crippen molar-refractivity contribution in [3.05, 3.63) is 78.4 Å². The molecule has 0 unspecified atom stereocenters. The SMILES string of the molecule is Cc1cc(-c2ccc(NC(=O)NC3(c4ccncc4)CCCC3)cc2)ccn1. The number of urea groups is 1. The first-order chi connectivity index (χ1) is 13.6. The third kappa shape index (κ3) is 3.88. The first-order valence-electron chi connectivity index (χ1n) is 9.67. The molecule has 5 nitrogen and oxygen atoms in total. The number of aromatic nitrogens is 2. The Balaban J connectivity index is 1.46. The molecule has 1 aliphatic rings. The van der Waals surface area contributed by atoms with E-state index in [2.05, 4.69) is 20.6 Å². The number of amides is 2. The van der Waals surface area contributed by atoms with Gasteiger partial charge in [0.15, 0.2) is 0 Å². The summed E-state index contributed by atoms with van der Waals surface area (Å²) >= 11 is 0. The fraction of sp³-hybridized carbons (Fsp3) is 0.261. The monoisotopic (exact) mass is 372 g/mol. The van der Waals surface area contributed by atoms with Gasteiger partial charge in [0.05, 0.1) is 5.54 Å². The molecule has 0 aliphatic heterocycles. The van der Waals surface area contributed by atoms with Crippen LogP contribution in [0.2, 0.25) is 0 Å². The van der Waals surface area contributed by atoms with Crippen molar-refractivity contribution in [2.75, 3.05) is 5.32 Å². The van der Waals surface area contributed by atoms with E-state index < -0.39 is 0 Å². The van der Waals surface area contributed by atoms with Gasteiger partial charge in [-0.05, 0) is 72.9 Å². The van der Waals surface area contributed by atoms with Crippen LogP contribution in [0, 0.1) is 6.92 Å². The lowest BCUT2D eigenvalue weighted by atomic mass is 9.89. The van der Waals surface area contributed by atoms with Crippen LogP contribution < -0.4 is 10.6 Å². The summed E-state index contributed by atoms with van der Waals surface area (Å²) < 4.78 is 0. The van der Waals surface area contributed by atoms with Crippen LogP contribution in [0.4, 0.5) is 10.5 Å². The lowest BCUT2D eigenvalue weighted by Gasteiger charge is -2.31. The highest BCUT2D eigenvalue weighted by molar-refractivity contribution is 5.90. The maximum Gasteiger partial charge on any atom is 0.319 e. The zero-order valence-corrected chi connectivity index (χ0v) is 16.0. The van der Waals surface area contributed by atoms with E-state index in [1.54, 1.807) is 12.4 Å². The molecule has 1 aliphatic carbocycles. The minimum Gasteiger partial charge on any atom is -0.328 e. The molecular formula is C23H24N4O. The van der Waals surface area contributed by atoms with E-state index in [1.807, 2.05) is 61.7 Å². The molecule has 2 N–H and O–H groups in total. The van der Waals surface area contributed by atoms with Crippen molar-refractivity contribution in [3.63, 3.8) is 0 Å². The molecule has 5 heteroatoms. The number of carbonyl (C=O) groups excluding carboxylic acids is 1. The first kappa shape index (κ1) is 18.2. The summed E-state index contributed by atoms with van der Waals surface area (Å²) in [6.07, 6.45) is 9.51. The number of pyridine rings is 2. The molecule has 3 aromatic rings. The van der Waals surface area contributed by atoms with Gasteiger partial charge in [-0.2, -0.15) is 0 Å². The second-order valence-electron chi connectivity index (χ2n) is 7.37. The second-order valence-corrected chi connectivity index (χ2v) is 7.37. The number of rotatable bonds is 4. The number of benzene rings is 1. The van der Waals surface area contributed by atoms with Gasteiger partial charge in [-0.1, -0.05) is 25.0 Å². The molecule has 0 atom stereocenters. The molecule has 1 saturated carbocycles. The van der Waals surface area contributed by atoms with Crippen molar-refractivity contribution < 1.29 is 4.79 Å².